The van der Waals surface area contributed by atoms with Gasteiger partial charge in [0.05, 0.1) is 10.6 Å². The summed E-state index contributed by atoms with van der Waals surface area (Å²) in [6.07, 6.45) is 1.30. The van der Waals surface area contributed by atoms with Crippen molar-refractivity contribution < 1.29 is 9.18 Å². The molecule has 1 aromatic carbocycles. The minimum Gasteiger partial charge on any atom is -0.322 e. The predicted molar refractivity (Wildman–Crippen MR) is 73.3 cm³/mol. The molecule has 2 rings (SSSR count). The lowest BCUT2D eigenvalue weighted by molar-refractivity contribution is 0.102. The average molecular weight is 299 g/mol. The number of nitrogens with one attached hydrogen (secondary N) is 1. The van der Waals surface area contributed by atoms with Crippen LogP contribution >= 0.6 is 23.2 Å². The van der Waals surface area contributed by atoms with Gasteiger partial charge in [0.1, 0.15) is 11.0 Å². The lowest BCUT2D eigenvalue weighted by Crippen LogP contribution is -2.13. The molecule has 3 nitrogen and oxygen atoms in total. The molecule has 2 aromatic rings. The lowest BCUT2D eigenvalue weighted by Gasteiger charge is -2.09. The molecule has 1 heterocycles. The normalized spacial score (nSPS) is 10.3. The van der Waals surface area contributed by atoms with E-state index in [1.54, 1.807) is 6.92 Å². The number of anilines is 1. The fourth-order valence-corrected chi connectivity index (χ4v) is 1.89. The summed E-state index contributed by atoms with van der Waals surface area (Å²) in [7, 11) is 0. The molecular weight excluding hydrogens is 290 g/mol. The van der Waals surface area contributed by atoms with Gasteiger partial charge in [0.15, 0.2) is 0 Å². The molecule has 0 atom stereocenters. The van der Waals surface area contributed by atoms with Crippen LogP contribution in [0.5, 0.6) is 0 Å². The molecule has 0 aliphatic rings. The zero-order valence-electron chi connectivity index (χ0n) is 9.88. The van der Waals surface area contributed by atoms with Crippen molar-refractivity contribution in [3.63, 3.8) is 0 Å². The van der Waals surface area contributed by atoms with Crippen LogP contribution in [0.1, 0.15) is 15.9 Å². The number of carbonyl (C=O) groups excluding carboxylic acids is 1. The summed E-state index contributed by atoms with van der Waals surface area (Å²) in [6.45, 7) is 1.69. The molecule has 0 aliphatic heterocycles. The molecule has 1 N–H and O–H groups in total. The molecule has 98 valence electrons. The van der Waals surface area contributed by atoms with Gasteiger partial charge in [0.25, 0.3) is 5.91 Å². The highest BCUT2D eigenvalue weighted by Crippen LogP contribution is 2.21. The summed E-state index contributed by atoms with van der Waals surface area (Å²) in [4.78, 5) is 15.8. The Morgan fingerprint density at radius 3 is 2.74 bits per heavy atom. The second-order valence-corrected chi connectivity index (χ2v) is 4.69. The van der Waals surface area contributed by atoms with E-state index in [1.807, 2.05) is 0 Å². The van der Waals surface area contributed by atoms with Gasteiger partial charge in [0.2, 0.25) is 0 Å². The molecule has 19 heavy (non-hydrogen) atoms. The van der Waals surface area contributed by atoms with Crippen molar-refractivity contribution in [3.05, 3.63) is 57.6 Å². The number of amides is 1. The molecule has 0 aliphatic carbocycles. The summed E-state index contributed by atoms with van der Waals surface area (Å²) in [5, 5.41) is 3.01. The Morgan fingerprint density at radius 2 is 2.05 bits per heavy atom. The quantitative estimate of drug-likeness (QED) is 0.849. The number of rotatable bonds is 2. The van der Waals surface area contributed by atoms with Crippen LogP contribution in [0.4, 0.5) is 10.1 Å². The number of hydrogen-bond donors (Lipinski definition) is 1. The maximum absolute atomic E-state index is 13.0. The van der Waals surface area contributed by atoms with E-state index in [1.165, 1.54) is 30.5 Å². The van der Waals surface area contributed by atoms with Crippen LogP contribution in [0, 0.1) is 12.7 Å². The van der Waals surface area contributed by atoms with Crippen molar-refractivity contribution in [3.8, 4) is 0 Å². The van der Waals surface area contributed by atoms with Crippen LogP contribution in [0.3, 0.4) is 0 Å². The number of hydrogen-bond acceptors (Lipinski definition) is 2. The summed E-state index contributed by atoms with van der Waals surface area (Å²) < 4.78 is 13.0. The van der Waals surface area contributed by atoms with Gasteiger partial charge < -0.3 is 5.32 Å². The fraction of sp³-hybridized carbons (Fsp3) is 0.0769. The highest BCUT2D eigenvalue weighted by molar-refractivity contribution is 6.35. The van der Waals surface area contributed by atoms with Gasteiger partial charge in [-0.3, -0.25) is 4.79 Å². The fourth-order valence-electron chi connectivity index (χ4n) is 1.54. The summed E-state index contributed by atoms with van der Waals surface area (Å²) in [5.74, 6) is -0.788. The van der Waals surface area contributed by atoms with Gasteiger partial charge in [-0.2, -0.15) is 0 Å². The number of aryl methyl sites for hydroxylation is 1. The van der Waals surface area contributed by atoms with Crippen molar-refractivity contribution in [2.75, 3.05) is 5.32 Å². The third-order valence-corrected chi connectivity index (χ3v) is 3.01. The Hall–Kier alpha value is -1.65. The summed E-state index contributed by atoms with van der Waals surface area (Å²) >= 11 is 11.6. The number of benzene rings is 1. The van der Waals surface area contributed by atoms with Gasteiger partial charge in [-0.15, -0.1) is 0 Å². The highest BCUT2D eigenvalue weighted by atomic mass is 35.5. The topological polar surface area (TPSA) is 42.0 Å². The zero-order chi connectivity index (χ0) is 14.0. The molecule has 0 fully saturated rings. The number of nitrogens with zero attached hydrogens (tertiary/aromatic N) is 1. The molecule has 6 heteroatoms. The number of halogens is 3. The van der Waals surface area contributed by atoms with Gasteiger partial charge in [-0.1, -0.05) is 23.2 Å². The average Bonchev–Trinajstić information content (AvgIpc) is 2.35. The van der Waals surface area contributed by atoms with Crippen molar-refractivity contribution >= 4 is 34.8 Å². The number of aromatic nitrogens is 1. The number of carbonyl (C=O) groups is 1. The second-order valence-electron chi connectivity index (χ2n) is 3.90. The second kappa shape index (κ2) is 5.55. The van der Waals surface area contributed by atoms with Gasteiger partial charge in [0, 0.05) is 11.9 Å². The van der Waals surface area contributed by atoms with Gasteiger partial charge in [-0.25, -0.2) is 9.37 Å². The first-order valence-electron chi connectivity index (χ1n) is 5.36. The maximum atomic E-state index is 13.0. The Balaban J connectivity index is 2.28. The van der Waals surface area contributed by atoms with E-state index in [-0.39, 0.29) is 21.6 Å². The van der Waals surface area contributed by atoms with Crippen LogP contribution in [-0.2, 0) is 0 Å². The van der Waals surface area contributed by atoms with Crippen LogP contribution in [0.25, 0.3) is 0 Å². The first-order valence-corrected chi connectivity index (χ1v) is 6.11. The van der Waals surface area contributed by atoms with Crippen LogP contribution in [-0.4, -0.2) is 10.9 Å². The standard InChI is InChI=1S/C13H9Cl2FN2O/c1-7-4-8(16)2-3-11(7)18-13(19)9-5-12(15)17-6-10(9)14/h2-6H,1H3,(H,18,19). The predicted octanol–water partition coefficient (Wildman–Crippen LogP) is 4.09. The molecule has 0 spiro atoms. The minimum absolute atomic E-state index is 0.172. The molecular formula is C13H9Cl2FN2O. The molecule has 0 unspecified atom stereocenters. The monoisotopic (exact) mass is 298 g/mol. The Bertz CT molecular complexity index is 647. The zero-order valence-corrected chi connectivity index (χ0v) is 11.4. The largest absolute Gasteiger partial charge is 0.322 e. The Morgan fingerprint density at radius 1 is 1.32 bits per heavy atom. The van der Waals surface area contributed by atoms with E-state index in [0.717, 1.165) is 0 Å². The first-order chi connectivity index (χ1) is 8.97. The first kappa shape index (κ1) is 13.8. The van der Waals surface area contributed by atoms with E-state index in [9.17, 15) is 9.18 Å². The molecule has 0 saturated carbocycles. The van der Waals surface area contributed by atoms with Crippen molar-refractivity contribution in [2.24, 2.45) is 0 Å². The minimum atomic E-state index is -0.427. The Labute approximate surface area is 119 Å². The third kappa shape index (κ3) is 3.22. The van der Waals surface area contributed by atoms with Crippen molar-refractivity contribution in [1.82, 2.24) is 4.98 Å². The molecule has 1 amide bonds. The van der Waals surface area contributed by atoms with E-state index >= 15 is 0 Å². The number of pyridine rings is 1. The van der Waals surface area contributed by atoms with Gasteiger partial charge in [-0.05, 0) is 36.8 Å². The van der Waals surface area contributed by atoms with E-state index in [0.29, 0.717) is 11.3 Å². The highest BCUT2D eigenvalue weighted by Gasteiger charge is 2.13. The van der Waals surface area contributed by atoms with Crippen molar-refractivity contribution in [2.45, 2.75) is 6.92 Å². The third-order valence-electron chi connectivity index (χ3n) is 2.50. The molecule has 0 bridgehead atoms. The summed E-state index contributed by atoms with van der Waals surface area (Å²) in [5.41, 5.74) is 1.34. The molecule has 0 saturated heterocycles. The van der Waals surface area contributed by atoms with Crippen LogP contribution in [0.15, 0.2) is 30.5 Å². The van der Waals surface area contributed by atoms with Crippen LogP contribution in [0.2, 0.25) is 10.2 Å². The Kier molecular flexibility index (Phi) is 4.02. The summed E-state index contributed by atoms with van der Waals surface area (Å²) in [6, 6.07) is 5.46. The van der Waals surface area contributed by atoms with E-state index < -0.39 is 5.91 Å². The lowest BCUT2D eigenvalue weighted by atomic mass is 10.2. The van der Waals surface area contributed by atoms with Gasteiger partial charge >= 0.3 is 0 Å². The SMILES string of the molecule is Cc1cc(F)ccc1NC(=O)c1cc(Cl)ncc1Cl. The molecule has 0 radical (unpaired) electrons. The van der Waals surface area contributed by atoms with Crippen LogP contribution < -0.4 is 5.32 Å². The van der Waals surface area contributed by atoms with E-state index in [2.05, 4.69) is 10.3 Å². The maximum Gasteiger partial charge on any atom is 0.257 e. The van der Waals surface area contributed by atoms with E-state index in [4.69, 9.17) is 23.2 Å². The molecule has 1 aromatic heterocycles. The van der Waals surface area contributed by atoms with Crippen molar-refractivity contribution in [1.29, 1.82) is 0 Å². The smallest absolute Gasteiger partial charge is 0.257 e.